The highest BCUT2D eigenvalue weighted by atomic mass is 32.2. The molecule has 0 bridgehead atoms. The number of hydrogen-bond donors (Lipinski definition) is 1. The highest BCUT2D eigenvalue weighted by Gasteiger charge is 2.22. The van der Waals surface area contributed by atoms with Gasteiger partial charge in [0.2, 0.25) is 11.8 Å². The number of hydrogen-bond acceptors (Lipinski definition) is 6. The first-order chi connectivity index (χ1) is 8.59. The molecule has 1 aromatic heterocycles. The molecule has 7 heteroatoms. The third kappa shape index (κ3) is 3.43. The molecule has 0 fully saturated rings. The predicted octanol–water partition coefficient (Wildman–Crippen LogP) is 0.988. The summed E-state index contributed by atoms with van der Waals surface area (Å²) in [6.07, 6.45) is 4.07. The topological polar surface area (TPSA) is 81.2 Å². The Labute approximate surface area is 106 Å². The molecule has 1 atom stereocenters. The molecule has 0 amide bonds. The smallest absolute Gasteiger partial charge is 0.226 e. The molecule has 0 saturated heterocycles. The summed E-state index contributed by atoms with van der Waals surface area (Å²) in [4.78, 5) is 8.18. The van der Waals surface area contributed by atoms with Crippen LogP contribution in [0.1, 0.15) is 13.3 Å². The molecular weight excluding hydrogens is 254 g/mol. The second kappa shape index (κ2) is 5.34. The van der Waals surface area contributed by atoms with Crippen molar-refractivity contribution in [2.45, 2.75) is 19.4 Å². The van der Waals surface area contributed by atoms with Gasteiger partial charge in [-0.1, -0.05) is 6.92 Å². The number of nitrogens with zero attached hydrogens (tertiary/aromatic N) is 2. The van der Waals surface area contributed by atoms with Crippen LogP contribution in [0.5, 0.6) is 5.88 Å². The van der Waals surface area contributed by atoms with E-state index in [9.17, 15) is 8.42 Å². The summed E-state index contributed by atoms with van der Waals surface area (Å²) in [6.45, 7) is 2.60. The predicted molar refractivity (Wildman–Crippen MR) is 68.2 cm³/mol. The van der Waals surface area contributed by atoms with Crippen LogP contribution in [0.3, 0.4) is 0 Å². The monoisotopic (exact) mass is 269 g/mol. The normalized spacial score (nSPS) is 20.8. The summed E-state index contributed by atoms with van der Waals surface area (Å²) < 4.78 is 27.9. The number of rotatable bonds is 5. The van der Waals surface area contributed by atoms with Crippen molar-refractivity contribution in [3.05, 3.63) is 23.7 Å². The lowest BCUT2D eigenvalue weighted by Crippen LogP contribution is -2.22. The Hall–Kier alpha value is -1.63. The van der Waals surface area contributed by atoms with Gasteiger partial charge in [-0.15, -0.1) is 0 Å². The SMILES string of the molecule is CCCOc1ccnc(NC2C=CS(=O)(=O)C2)n1. The number of sulfone groups is 1. The fourth-order valence-electron chi connectivity index (χ4n) is 1.53. The maximum atomic E-state index is 11.2. The van der Waals surface area contributed by atoms with Gasteiger partial charge in [0.1, 0.15) is 0 Å². The first-order valence-corrected chi connectivity index (χ1v) is 7.44. The molecule has 0 saturated carbocycles. The van der Waals surface area contributed by atoms with Crippen LogP contribution >= 0.6 is 0 Å². The summed E-state index contributed by atoms with van der Waals surface area (Å²) in [5.74, 6) is 0.894. The Morgan fingerprint density at radius 2 is 2.39 bits per heavy atom. The molecule has 98 valence electrons. The van der Waals surface area contributed by atoms with Crippen LogP contribution in [0.25, 0.3) is 0 Å². The lowest BCUT2D eigenvalue weighted by Gasteiger charge is -2.10. The van der Waals surface area contributed by atoms with Crippen molar-refractivity contribution in [3.8, 4) is 5.88 Å². The van der Waals surface area contributed by atoms with Gasteiger partial charge < -0.3 is 10.1 Å². The molecule has 18 heavy (non-hydrogen) atoms. The lowest BCUT2D eigenvalue weighted by atomic mass is 10.3. The van der Waals surface area contributed by atoms with Crippen molar-refractivity contribution in [2.75, 3.05) is 17.7 Å². The van der Waals surface area contributed by atoms with Crippen molar-refractivity contribution in [2.24, 2.45) is 0 Å². The van der Waals surface area contributed by atoms with Crippen LogP contribution in [0, 0.1) is 0 Å². The Bertz CT molecular complexity index is 542. The van der Waals surface area contributed by atoms with E-state index in [2.05, 4.69) is 15.3 Å². The summed E-state index contributed by atoms with van der Waals surface area (Å²) in [5, 5.41) is 4.16. The van der Waals surface area contributed by atoms with Crippen molar-refractivity contribution < 1.29 is 13.2 Å². The summed E-state index contributed by atoms with van der Waals surface area (Å²) in [5.41, 5.74) is 0. The average molecular weight is 269 g/mol. The summed E-state index contributed by atoms with van der Waals surface area (Å²) >= 11 is 0. The number of nitrogens with one attached hydrogen (secondary N) is 1. The van der Waals surface area contributed by atoms with E-state index in [1.54, 1.807) is 18.3 Å². The third-order valence-corrected chi connectivity index (χ3v) is 3.72. The molecule has 1 N–H and O–H groups in total. The molecule has 2 heterocycles. The van der Waals surface area contributed by atoms with Crippen LogP contribution in [-0.4, -0.2) is 36.8 Å². The fourth-order valence-corrected chi connectivity index (χ4v) is 2.77. The van der Waals surface area contributed by atoms with Crippen LogP contribution in [0.2, 0.25) is 0 Å². The maximum absolute atomic E-state index is 11.2. The minimum Gasteiger partial charge on any atom is -0.478 e. The van der Waals surface area contributed by atoms with Crippen LogP contribution < -0.4 is 10.1 Å². The number of ether oxygens (including phenoxy) is 1. The van der Waals surface area contributed by atoms with Crippen LogP contribution in [0.4, 0.5) is 5.95 Å². The van der Waals surface area contributed by atoms with E-state index in [0.29, 0.717) is 18.4 Å². The van der Waals surface area contributed by atoms with Gasteiger partial charge >= 0.3 is 0 Å². The second-order valence-electron chi connectivity index (χ2n) is 3.98. The highest BCUT2D eigenvalue weighted by Crippen LogP contribution is 2.14. The van der Waals surface area contributed by atoms with E-state index in [-0.39, 0.29) is 11.8 Å². The molecule has 1 unspecified atom stereocenters. The third-order valence-electron chi connectivity index (χ3n) is 2.33. The van der Waals surface area contributed by atoms with Gasteiger partial charge in [0, 0.05) is 17.7 Å². The first-order valence-electron chi connectivity index (χ1n) is 5.72. The van der Waals surface area contributed by atoms with Gasteiger partial charge in [0.25, 0.3) is 0 Å². The van der Waals surface area contributed by atoms with E-state index in [4.69, 9.17) is 4.74 Å². The molecule has 1 aromatic rings. The number of aromatic nitrogens is 2. The minimum absolute atomic E-state index is 0.0381. The van der Waals surface area contributed by atoms with Gasteiger partial charge in [0.05, 0.1) is 18.4 Å². The summed E-state index contributed by atoms with van der Waals surface area (Å²) in [7, 11) is -3.07. The lowest BCUT2D eigenvalue weighted by molar-refractivity contribution is 0.305. The number of anilines is 1. The standard InChI is InChI=1S/C11H15N3O3S/c1-2-6-17-10-3-5-12-11(14-10)13-9-4-7-18(15,16)8-9/h3-5,7,9H,2,6,8H2,1H3,(H,12,13,14). The van der Waals surface area contributed by atoms with Crippen molar-refractivity contribution in [3.63, 3.8) is 0 Å². The van der Waals surface area contributed by atoms with Gasteiger partial charge in [-0.25, -0.2) is 13.4 Å². The van der Waals surface area contributed by atoms with Gasteiger partial charge in [-0.3, -0.25) is 0 Å². The van der Waals surface area contributed by atoms with Crippen LogP contribution in [0.15, 0.2) is 23.7 Å². The van der Waals surface area contributed by atoms with Gasteiger partial charge in [-0.05, 0) is 12.5 Å². The van der Waals surface area contributed by atoms with Crippen molar-refractivity contribution >= 4 is 15.8 Å². The van der Waals surface area contributed by atoms with E-state index in [0.717, 1.165) is 6.42 Å². The molecule has 1 aliphatic heterocycles. The summed E-state index contributed by atoms with van der Waals surface area (Å²) in [6, 6.07) is 1.39. The molecular formula is C11H15N3O3S. The Balaban J connectivity index is 2.00. The average Bonchev–Trinajstić information content (AvgIpc) is 2.66. The minimum atomic E-state index is -3.07. The van der Waals surface area contributed by atoms with E-state index >= 15 is 0 Å². The quantitative estimate of drug-likeness (QED) is 0.858. The Morgan fingerprint density at radius 3 is 3.06 bits per heavy atom. The van der Waals surface area contributed by atoms with E-state index in [1.807, 2.05) is 6.92 Å². The maximum Gasteiger partial charge on any atom is 0.226 e. The van der Waals surface area contributed by atoms with Crippen molar-refractivity contribution in [1.29, 1.82) is 0 Å². The van der Waals surface area contributed by atoms with Crippen LogP contribution in [-0.2, 0) is 9.84 Å². The zero-order valence-corrected chi connectivity index (χ0v) is 10.9. The second-order valence-corrected chi connectivity index (χ2v) is 5.91. The zero-order chi connectivity index (χ0) is 13.0. The molecule has 0 aromatic carbocycles. The fraction of sp³-hybridized carbons (Fsp3) is 0.455. The molecule has 2 rings (SSSR count). The largest absolute Gasteiger partial charge is 0.478 e. The molecule has 1 aliphatic rings. The molecule has 0 aliphatic carbocycles. The zero-order valence-electron chi connectivity index (χ0n) is 10.0. The first kappa shape index (κ1) is 12.8. The van der Waals surface area contributed by atoms with E-state index in [1.165, 1.54) is 5.41 Å². The Kier molecular flexibility index (Phi) is 3.81. The van der Waals surface area contributed by atoms with Crippen molar-refractivity contribution in [1.82, 2.24) is 9.97 Å². The van der Waals surface area contributed by atoms with Gasteiger partial charge in [-0.2, -0.15) is 4.98 Å². The molecule has 6 nitrogen and oxygen atoms in total. The molecule has 0 radical (unpaired) electrons. The molecule has 0 spiro atoms. The highest BCUT2D eigenvalue weighted by molar-refractivity contribution is 7.94. The van der Waals surface area contributed by atoms with Gasteiger partial charge in [0.15, 0.2) is 9.84 Å². The Morgan fingerprint density at radius 1 is 1.56 bits per heavy atom. The van der Waals surface area contributed by atoms with E-state index < -0.39 is 9.84 Å².